The summed E-state index contributed by atoms with van der Waals surface area (Å²) in [5.41, 5.74) is 0.870. The average molecular weight is 212 g/mol. The molecule has 0 saturated heterocycles. The Labute approximate surface area is 88.0 Å². The summed E-state index contributed by atoms with van der Waals surface area (Å²) in [6.45, 7) is -0.125. The van der Waals surface area contributed by atoms with Crippen LogP contribution in [0.25, 0.3) is 0 Å². The van der Waals surface area contributed by atoms with Crippen LogP contribution < -0.4 is 10.2 Å². The van der Waals surface area contributed by atoms with E-state index < -0.39 is 7.12 Å². The summed E-state index contributed by atoms with van der Waals surface area (Å²) in [5, 5.41) is 27.0. The van der Waals surface area contributed by atoms with Crippen LogP contribution in [0.4, 0.5) is 0 Å². The van der Waals surface area contributed by atoms with Crippen LogP contribution in [0.2, 0.25) is 0 Å². The number of hydrogen-bond donors (Lipinski definition) is 3. The highest BCUT2D eigenvalue weighted by molar-refractivity contribution is 6.59. The third kappa shape index (κ3) is 3.21. The molecule has 0 fully saturated rings. The van der Waals surface area contributed by atoms with E-state index in [1.165, 1.54) is 19.2 Å². The summed E-state index contributed by atoms with van der Waals surface area (Å²) in [4.78, 5) is 0. The van der Waals surface area contributed by atoms with Crippen molar-refractivity contribution in [2.24, 2.45) is 0 Å². The van der Waals surface area contributed by atoms with E-state index in [4.69, 9.17) is 24.6 Å². The van der Waals surface area contributed by atoms with Crippen molar-refractivity contribution in [1.29, 1.82) is 0 Å². The molecular weight excluding hydrogens is 199 g/mol. The fourth-order valence-corrected chi connectivity index (χ4v) is 1.14. The fourth-order valence-electron chi connectivity index (χ4n) is 1.14. The summed E-state index contributed by atoms with van der Waals surface area (Å²) in [7, 11) is -0.144. The number of benzene rings is 1. The second kappa shape index (κ2) is 5.72. The number of methoxy groups -OCH3 is 1. The Morgan fingerprint density at radius 3 is 2.60 bits per heavy atom. The van der Waals surface area contributed by atoms with Gasteiger partial charge in [0.2, 0.25) is 0 Å². The summed E-state index contributed by atoms with van der Waals surface area (Å²) in [6, 6.07) is 4.61. The topological polar surface area (TPSA) is 79.2 Å². The van der Waals surface area contributed by atoms with Gasteiger partial charge in [0, 0.05) is 12.6 Å². The SMILES string of the molecule is COCOc1cc(CO)ccc1B(O)O. The number of hydrogen-bond acceptors (Lipinski definition) is 5. The van der Waals surface area contributed by atoms with Crippen LogP contribution in [0.1, 0.15) is 5.56 Å². The van der Waals surface area contributed by atoms with Crippen molar-refractivity contribution in [2.75, 3.05) is 13.9 Å². The molecule has 6 heteroatoms. The Balaban J connectivity index is 2.94. The molecule has 15 heavy (non-hydrogen) atoms. The van der Waals surface area contributed by atoms with Gasteiger partial charge in [-0.2, -0.15) is 0 Å². The molecule has 0 spiro atoms. The molecule has 0 aliphatic carbocycles. The van der Waals surface area contributed by atoms with Gasteiger partial charge in [0.25, 0.3) is 0 Å². The first-order valence-corrected chi connectivity index (χ1v) is 4.40. The zero-order chi connectivity index (χ0) is 11.3. The second-order valence-corrected chi connectivity index (χ2v) is 2.95. The van der Waals surface area contributed by atoms with Crippen LogP contribution in [0.3, 0.4) is 0 Å². The van der Waals surface area contributed by atoms with Crippen LogP contribution in [0.5, 0.6) is 5.75 Å². The Bertz CT molecular complexity index is 315. The van der Waals surface area contributed by atoms with E-state index in [0.717, 1.165) is 0 Å². The van der Waals surface area contributed by atoms with Gasteiger partial charge >= 0.3 is 7.12 Å². The molecule has 0 atom stereocenters. The Morgan fingerprint density at radius 1 is 1.33 bits per heavy atom. The minimum Gasteiger partial charge on any atom is -0.468 e. The molecular formula is C9H13BO5. The number of rotatable bonds is 5. The molecule has 0 saturated carbocycles. The predicted molar refractivity (Wildman–Crippen MR) is 54.7 cm³/mol. The Morgan fingerprint density at radius 2 is 2.07 bits per heavy atom. The van der Waals surface area contributed by atoms with Gasteiger partial charge in [0.15, 0.2) is 6.79 Å². The fraction of sp³-hybridized carbons (Fsp3) is 0.333. The molecule has 82 valence electrons. The maximum Gasteiger partial charge on any atom is 0.492 e. The van der Waals surface area contributed by atoms with Crippen molar-refractivity contribution in [3.05, 3.63) is 23.8 Å². The van der Waals surface area contributed by atoms with Gasteiger partial charge in [-0.05, 0) is 11.6 Å². The minimum atomic E-state index is -1.61. The van der Waals surface area contributed by atoms with E-state index in [1.807, 2.05) is 0 Å². The Hall–Kier alpha value is -1.08. The quantitative estimate of drug-likeness (QED) is 0.424. The lowest BCUT2D eigenvalue weighted by Gasteiger charge is -2.11. The molecule has 1 aromatic rings. The molecule has 0 radical (unpaired) electrons. The van der Waals surface area contributed by atoms with E-state index in [2.05, 4.69) is 0 Å². The van der Waals surface area contributed by atoms with Crippen molar-refractivity contribution < 1.29 is 24.6 Å². The van der Waals surface area contributed by atoms with Gasteiger partial charge in [-0.25, -0.2) is 0 Å². The molecule has 1 rings (SSSR count). The van der Waals surface area contributed by atoms with E-state index in [9.17, 15) is 0 Å². The normalized spacial score (nSPS) is 10.1. The molecule has 0 aromatic heterocycles. The first-order valence-electron chi connectivity index (χ1n) is 4.40. The minimum absolute atomic E-state index is 0.00853. The van der Waals surface area contributed by atoms with Gasteiger partial charge in [-0.1, -0.05) is 12.1 Å². The van der Waals surface area contributed by atoms with Crippen LogP contribution >= 0.6 is 0 Å². The van der Waals surface area contributed by atoms with Crippen LogP contribution in [-0.4, -0.2) is 36.2 Å². The maximum atomic E-state index is 9.04. The van der Waals surface area contributed by atoms with Crippen molar-refractivity contribution >= 4 is 12.6 Å². The van der Waals surface area contributed by atoms with Gasteiger partial charge in [-0.15, -0.1) is 0 Å². The third-order valence-electron chi connectivity index (χ3n) is 1.87. The summed E-state index contributed by atoms with van der Waals surface area (Å²) >= 11 is 0. The highest BCUT2D eigenvalue weighted by atomic mass is 16.7. The van der Waals surface area contributed by atoms with Gasteiger partial charge in [0.05, 0.1) is 6.61 Å². The predicted octanol–water partition coefficient (Wildman–Crippen LogP) is -1.16. The van der Waals surface area contributed by atoms with Crippen LogP contribution in [-0.2, 0) is 11.3 Å². The summed E-state index contributed by atoms with van der Waals surface area (Å²) < 4.78 is 9.84. The number of aliphatic hydroxyl groups is 1. The highest BCUT2D eigenvalue weighted by Crippen LogP contribution is 2.11. The van der Waals surface area contributed by atoms with Crippen LogP contribution in [0, 0.1) is 0 Å². The second-order valence-electron chi connectivity index (χ2n) is 2.95. The lowest BCUT2D eigenvalue weighted by atomic mass is 9.79. The van der Waals surface area contributed by atoms with E-state index in [0.29, 0.717) is 11.3 Å². The number of aliphatic hydroxyl groups excluding tert-OH is 1. The maximum absolute atomic E-state index is 9.04. The largest absolute Gasteiger partial charge is 0.492 e. The molecule has 0 heterocycles. The van der Waals surface area contributed by atoms with E-state index in [-0.39, 0.29) is 18.9 Å². The molecule has 3 N–H and O–H groups in total. The van der Waals surface area contributed by atoms with Crippen molar-refractivity contribution in [2.45, 2.75) is 6.61 Å². The first-order chi connectivity index (χ1) is 7.19. The first kappa shape index (κ1) is 12.0. The number of ether oxygens (including phenoxy) is 2. The molecule has 0 unspecified atom stereocenters. The molecule has 1 aromatic carbocycles. The van der Waals surface area contributed by atoms with Crippen LogP contribution in [0.15, 0.2) is 18.2 Å². The highest BCUT2D eigenvalue weighted by Gasteiger charge is 2.17. The smallest absolute Gasteiger partial charge is 0.468 e. The monoisotopic (exact) mass is 212 g/mol. The van der Waals surface area contributed by atoms with Gasteiger partial charge in [-0.3, -0.25) is 0 Å². The lowest BCUT2D eigenvalue weighted by molar-refractivity contribution is 0.0516. The zero-order valence-electron chi connectivity index (χ0n) is 8.38. The van der Waals surface area contributed by atoms with Gasteiger partial charge < -0.3 is 24.6 Å². The van der Waals surface area contributed by atoms with E-state index >= 15 is 0 Å². The molecule has 0 bridgehead atoms. The van der Waals surface area contributed by atoms with E-state index in [1.54, 1.807) is 6.07 Å². The molecule has 0 aliphatic heterocycles. The Kier molecular flexibility index (Phi) is 4.58. The third-order valence-corrected chi connectivity index (χ3v) is 1.87. The van der Waals surface area contributed by atoms with Gasteiger partial charge in [0.1, 0.15) is 5.75 Å². The zero-order valence-corrected chi connectivity index (χ0v) is 8.38. The summed E-state index contributed by atoms with van der Waals surface area (Å²) in [5.74, 6) is 0.290. The average Bonchev–Trinajstić information content (AvgIpc) is 2.25. The van der Waals surface area contributed by atoms with Crippen molar-refractivity contribution in [3.63, 3.8) is 0 Å². The summed E-state index contributed by atoms with van der Waals surface area (Å²) in [6.07, 6.45) is 0. The molecule has 5 nitrogen and oxygen atoms in total. The van der Waals surface area contributed by atoms with Crippen molar-refractivity contribution in [1.82, 2.24) is 0 Å². The molecule has 0 aliphatic rings. The standard InChI is InChI=1S/C9H13BO5/c1-14-6-15-9-4-7(5-11)2-3-8(9)10(12)13/h2-4,11-13H,5-6H2,1H3. The van der Waals surface area contributed by atoms with Crippen molar-refractivity contribution in [3.8, 4) is 5.75 Å². The lowest BCUT2D eigenvalue weighted by Crippen LogP contribution is -2.31. The molecule has 0 amide bonds.